The Hall–Kier alpha value is -2.86. The van der Waals surface area contributed by atoms with Gasteiger partial charge in [-0.15, -0.1) is 0 Å². The van der Waals surface area contributed by atoms with Crippen LogP contribution in [0.4, 0.5) is 0 Å². The lowest BCUT2D eigenvalue weighted by Crippen LogP contribution is -2.22. The molecule has 0 saturated carbocycles. The van der Waals surface area contributed by atoms with Gasteiger partial charge in [0, 0.05) is 11.4 Å². The third-order valence-corrected chi connectivity index (χ3v) is 5.74. The molecule has 1 heterocycles. The number of ether oxygens (including phenoxy) is 1. The molecular weight excluding hydrogens is 386 g/mol. The highest BCUT2D eigenvalue weighted by molar-refractivity contribution is 7.84. The number of hydrogen-bond acceptors (Lipinski definition) is 4. The normalized spacial score (nSPS) is 12.0. The van der Waals surface area contributed by atoms with Gasteiger partial charge >= 0.3 is 0 Å². The summed E-state index contributed by atoms with van der Waals surface area (Å²) < 4.78 is 23.8. The molecule has 0 aliphatic rings. The molecule has 1 unspecified atom stereocenters. The van der Waals surface area contributed by atoms with Crippen molar-refractivity contribution in [2.24, 2.45) is 0 Å². The zero-order chi connectivity index (χ0) is 20.8. The maximum absolute atomic E-state index is 12.6. The van der Waals surface area contributed by atoms with Crippen LogP contribution in [0, 0.1) is 6.92 Å². The molecule has 1 aromatic heterocycles. The van der Waals surface area contributed by atoms with Crippen LogP contribution in [0.1, 0.15) is 41.3 Å². The van der Waals surface area contributed by atoms with Crippen molar-refractivity contribution in [1.29, 1.82) is 0 Å². The van der Waals surface area contributed by atoms with Crippen molar-refractivity contribution >= 4 is 16.7 Å². The number of rotatable bonds is 8. The summed E-state index contributed by atoms with van der Waals surface area (Å²) in [6.45, 7) is 6.26. The first kappa shape index (κ1) is 20.9. The molecule has 0 aliphatic carbocycles. The zero-order valence-corrected chi connectivity index (χ0v) is 17.6. The van der Waals surface area contributed by atoms with E-state index in [4.69, 9.17) is 9.15 Å². The topological polar surface area (TPSA) is 68.5 Å². The molecule has 1 N–H and O–H groups in total. The number of benzene rings is 2. The molecule has 0 radical (unpaired) electrons. The Labute approximate surface area is 173 Å². The number of carbonyl (C=O) groups is 1. The Balaban J connectivity index is 1.55. The van der Waals surface area contributed by atoms with Crippen molar-refractivity contribution in [3.8, 4) is 5.75 Å². The molecule has 5 nitrogen and oxygen atoms in total. The Morgan fingerprint density at radius 2 is 1.79 bits per heavy atom. The molecule has 0 aliphatic heterocycles. The van der Waals surface area contributed by atoms with Crippen molar-refractivity contribution < 1.29 is 18.2 Å². The SMILES string of the molecule is Cc1ccccc1S(=O)Cc1ccc(C(=O)NCc2ccc(OC(C)C)cc2)o1. The summed E-state index contributed by atoms with van der Waals surface area (Å²) in [5.41, 5.74) is 1.93. The molecular formula is C23H25NO4S. The van der Waals surface area contributed by atoms with Crippen LogP contribution in [-0.2, 0) is 23.1 Å². The maximum atomic E-state index is 12.6. The van der Waals surface area contributed by atoms with E-state index in [-0.39, 0.29) is 23.5 Å². The summed E-state index contributed by atoms with van der Waals surface area (Å²) in [6, 6.07) is 18.4. The van der Waals surface area contributed by atoms with Gasteiger partial charge in [-0.3, -0.25) is 9.00 Å². The molecule has 3 rings (SSSR count). The Bertz CT molecular complexity index is 992. The predicted molar refractivity (Wildman–Crippen MR) is 113 cm³/mol. The molecule has 1 amide bonds. The largest absolute Gasteiger partial charge is 0.491 e. The molecule has 0 bridgehead atoms. The second kappa shape index (κ2) is 9.56. The highest BCUT2D eigenvalue weighted by Gasteiger charge is 2.14. The predicted octanol–water partition coefficient (Wildman–Crippen LogP) is 4.61. The number of amides is 1. The summed E-state index contributed by atoms with van der Waals surface area (Å²) in [4.78, 5) is 13.1. The maximum Gasteiger partial charge on any atom is 0.287 e. The average molecular weight is 412 g/mol. The molecule has 0 fully saturated rings. The van der Waals surface area contributed by atoms with E-state index < -0.39 is 10.8 Å². The Kier molecular flexibility index (Phi) is 6.88. The summed E-state index contributed by atoms with van der Waals surface area (Å²) in [7, 11) is -1.22. The van der Waals surface area contributed by atoms with Gasteiger partial charge in [0.2, 0.25) is 0 Å². The molecule has 152 valence electrons. The Morgan fingerprint density at radius 3 is 2.48 bits per heavy atom. The van der Waals surface area contributed by atoms with Gasteiger partial charge in [0.05, 0.1) is 22.7 Å². The standard InChI is InChI=1S/C23H25NO4S/c1-16(2)27-19-10-8-18(9-11-19)14-24-23(25)21-13-12-20(28-21)15-29(26)22-7-5-4-6-17(22)3/h4-13,16H,14-15H2,1-3H3,(H,24,25). The first-order chi connectivity index (χ1) is 13.9. The Morgan fingerprint density at radius 1 is 1.07 bits per heavy atom. The first-order valence-electron chi connectivity index (χ1n) is 9.49. The van der Waals surface area contributed by atoms with Crippen molar-refractivity contribution in [3.63, 3.8) is 0 Å². The molecule has 0 spiro atoms. The van der Waals surface area contributed by atoms with Crippen LogP contribution in [0.15, 0.2) is 70.0 Å². The first-order valence-corrected chi connectivity index (χ1v) is 10.8. The van der Waals surface area contributed by atoms with E-state index in [1.807, 2.05) is 69.3 Å². The van der Waals surface area contributed by atoms with E-state index in [9.17, 15) is 9.00 Å². The fraction of sp³-hybridized carbons (Fsp3) is 0.261. The van der Waals surface area contributed by atoms with Gasteiger partial charge in [-0.1, -0.05) is 30.3 Å². The number of aryl methyl sites for hydroxylation is 1. The van der Waals surface area contributed by atoms with Crippen molar-refractivity contribution in [1.82, 2.24) is 5.32 Å². The lowest BCUT2D eigenvalue weighted by molar-refractivity contribution is 0.0921. The van der Waals surface area contributed by atoms with Gasteiger partial charge in [-0.25, -0.2) is 0 Å². The van der Waals surface area contributed by atoms with Crippen LogP contribution in [0.3, 0.4) is 0 Å². The molecule has 0 saturated heterocycles. The van der Waals surface area contributed by atoms with Crippen molar-refractivity contribution in [3.05, 3.63) is 83.3 Å². The molecule has 1 atom stereocenters. The third kappa shape index (κ3) is 5.81. The summed E-state index contributed by atoms with van der Waals surface area (Å²) in [6.07, 6.45) is 0.119. The molecule has 6 heteroatoms. The minimum Gasteiger partial charge on any atom is -0.491 e. The van der Waals surface area contributed by atoms with Gasteiger partial charge < -0.3 is 14.5 Å². The average Bonchev–Trinajstić information content (AvgIpc) is 3.15. The van der Waals surface area contributed by atoms with E-state index in [1.54, 1.807) is 12.1 Å². The van der Waals surface area contributed by atoms with Gasteiger partial charge in [-0.05, 0) is 62.2 Å². The summed E-state index contributed by atoms with van der Waals surface area (Å²) in [5, 5.41) is 2.83. The smallest absolute Gasteiger partial charge is 0.287 e. The minimum absolute atomic E-state index is 0.119. The zero-order valence-electron chi connectivity index (χ0n) is 16.8. The van der Waals surface area contributed by atoms with Crippen molar-refractivity contribution in [2.75, 3.05) is 0 Å². The van der Waals surface area contributed by atoms with E-state index in [0.717, 1.165) is 21.8 Å². The van der Waals surface area contributed by atoms with Crippen LogP contribution in [0.25, 0.3) is 0 Å². The molecule has 29 heavy (non-hydrogen) atoms. The monoisotopic (exact) mass is 411 g/mol. The van der Waals surface area contributed by atoms with Crippen LogP contribution >= 0.6 is 0 Å². The number of furan rings is 1. The van der Waals surface area contributed by atoms with Crippen LogP contribution < -0.4 is 10.1 Å². The summed E-state index contributed by atoms with van der Waals surface area (Å²) in [5.74, 6) is 1.46. The van der Waals surface area contributed by atoms with Gasteiger partial charge in [0.15, 0.2) is 5.76 Å². The van der Waals surface area contributed by atoms with Gasteiger partial charge in [-0.2, -0.15) is 0 Å². The fourth-order valence-electron chi connectivity index (χ4n) is 2.82. The van der Waals surface area contributed by atoms with E-state index in [1.165, 1.54) is 0 Å². The van der Waals surface area contributed by atoms with Crippen molar-refractivity contribution in [2.45, 2.75) is 44.1 Å². The fourth-order valence-corrected chi connectivity index (χ4v) is 4.05. The quantitative estimate of drug-likeness (QED) is 0.588. The molecule has 2 aromatic carbocycles. The lowest BCUT2D eigenvalue weighted by atomic mass is 10.2. The number of carbonyl (C=O) groups excluding carboxylic acids is 1. The molecule has 3 aromatic rings. The third-order valence-electron chi connectivity index (χ3n) is 4.25. The minimum atomic E-state index is -1.22. The van der Waals surface area contributed by atoms with Crippen LogP contribution in [0.2, 0.25) is 0 Å². The van der Waals surface area contributed by atoms with Crippen LogP contribution in [0.5, 0.6) is 5.75 Å². The number of nitrogens with one attached hydrogen (secondary N) is 1. The van der Waals surface area contributed by atoms with E-state index in [2.05, 4.69) is 5.32 Å². The highest BCUT2D eigenvalue weighted by Crippen LogP contribution is 2.18. The van der Waals surface area contributed by atoms with Gasteiger partial charge in [0.1, 0.15) is 11.5 Å². The van der Waals surface area contributed by atoms with Crippen LogP contribution in [-0.4, -0.2) is 16.2 Å². The van der Waals surface area contributed by atoms with E-state index in [0.29, 0.717) is 12.3 Å². The summed E-state index contributed by atoms with van der Waals surface area (Å²) >= 11 is 0. The highest BCUT2D eigenvalue weighted by atomic mass is 32.2. The second-order valence-electron chi connectivity index (χ2n) is 7.01. The van der Waals surface area contributed by atoms with Gasteiger partial charge in [0.25, 0.3) is 5.91 Å². The second-order valence-corrected chi connectivity index (χ2v) is 8.43. The number of hydrogen-bond donors (Lipinski definition) is 1. The van der Waals surface area contributed by atoms with E-state index >= 15 is 0 Å². The lowest BCUT2D eigenvalue weighted by Gasteiger charge is -2.10.